The SMILES string of the molecule is CCCNC[C@H](N)Cc1c[nH]c2ccccc12. The van der Waals surface area contributed by atoms with Gasteiger partial charge in [-0.3, -0.25) is 0 Å². The minimum absolute atomic E-state index is 0.181. The summed E-state index contributed by atoms with van der Waals surface area (Å²) in [5.41, 5.74) is 8.62. The van der Waals surface area contributed by atoms with Crippen LogP contribution in [0.4, 0.5) is 0 Å². The normalized spacial score (nSPS) is 13.1. The first-order chi connectivity index (χ1) is 8.31. The number of hydrogen-bond acceptors (Lipinski definition) is 2. The van der Waals surface area contributed by atoms with Crippen molar-refractivity contribution in [3.63, 3.8) is 0 Å². The molecule has 3 heteroatoms. The van der Waals surface area contributed by atoms with Crippen molar-refractivity contribution >= 4 is 10.9 Å². The third-order valence-corrected chi connectivity index (χ3v) is 2.99. The molecule has 0 saturated carbocycles. The van der Waals surface area contributed by atoms with Gasteiger partial charge in [0.05, 0.1) is 0 Å². The first-order valence-corrected chi connectivity index (χ1v) is 6.32. The summed E-state index contributed by atoms with van der Waals surface area (Å²) < 4.78 is 0. The lowest BCUT2D eigenvalue weighted by Crippen LogP contribution is -2.35. The Morgan fingerprint density at radius 2 is 2.18 bits per heavy atom. The van der Waals surface area contributed by atoms with Crippen molar-refractivity contribution in [2.24, 2.45) is 5.73 Å². The average molecular weight is 231 g/mol. The van der Waals surface area contributed by atoms with Crippen LogP contribution in [0.1, 0.15) is 18.9 Å². The molecule has 0 saturated heterocycles. The van der Waals surface area contributed by atoms with Crippen LogP contribution in [-0.4, -0.2) is 24.1 Å². The monoisotopic (exact) mass is 231 g/mol. The van der Waals surface area contributed by atoms with Crippen LogP contribution in [0.5, 0.6) is 0 Å². The number of hydrogen-bond donors (Lipinski definition) is 3. The van der Waals surface area contributed by atoms with E-state index in [1.165, 1.54) is 16.5 Å². The second-order valence-corrected chi connectivity index (χ2v) is 4.53. The summed E-state index contributed by atoms with van der Waals surface area (Å²) in [7, 11) is 0. The van der Waals surface area contributed by atoms with E-state index in [9.17, 15) is 0 Å². The molecular formula is C14H21N3. The minimum Gasteiger partial charge on any atom is -0.361 e. The molecule has 2 aromatic rings. The van der Waals surface area contributed by atoms with Gasteiger partial charge in [0.15, 0.2) is 0 Å². The number of benzene rings is 1. The Kier molecular flexibility index (Phi) is 4.18. The first kappa shape index (κ1) is 12.1. The number of nitrogens with two attached hydrogens (primary N) is 1. The van der Waals surface area contributed by atoms with E-state index in [1.54, 1.807) is 0 Å². The second-order valence-electron chi connectivity index (χ2n) is 4.53. The fourth-order valence-corrected chi connectivity index (χ4v) is 2.12. The molecule has 0 fully saturated rings. The maximum atomic E-state index is 6.12. The zero-order valence-corrected chi connectivity index (χ0v) is 10.4. The molecule has 1 atom stereocenters. The first-order valence-electron chi connectivity index (χ1n) is 6.32. The molecule has 0 aliphatic heterocycles. The van der Waals surface area contributed by atoms with Crippen molar-refractivity contribution in [2.75, 3.05) is 13.1 Å². The molecule has 0 amide bonds. The van der Waals surface area contributed by atoms with Gasteiger partial charge in [0.2, 0.25) is 0 Å². The number of rotatable bonds is 6. The summed E-state index contributed by atoms with van der Waals surface area (Å²) in [6.45, 7) is 4.09. The number of nitrogens with one attached hydrogen (secondary N) is 2. The van der Waals surface area contributed by atoms with Crippen LogP contribution in [0.25, 0.3) is 10.9 Å². The van der Waals surface area contributed by atoms with Crippen molar-refractivity contribution in [1.82, 2.24) is 10.3 Å². The fourth-order valence-electron chi connectivity index (χ4n) is 2.12. The standard InChI is InChI=1S/C14H21N3/c1-2-7-16-10-12(15)8-11-9-17-14-6-4-3-5-13(11)14/h3-6,9,12,16-17H,2,7-8,10,15H2,1H3/t12-/m1/s1. The summed E-state index contributed by atoms with van der Waals surface area (Å²) in [6.07, 6.45) is 4.14. The molecule has 3 nitrogen and oxygen atoms in total. The van der Waals surface area contributed by atoms with Gasteiger partial charge in [-0.05, 0) is 31.0 Å². The predicted molar refractivity (Wildman–Crippen MR) is 73.1 cm³/mol. The van der Waals surface area contributed by atoms with E-state index in [2.05, 4.69) is 41.6 Å². The molecule has 0 radical (unpaired) electrons. The molecule has 4 N–H and O–H groups in total. The Bertz CT molecular complexity index is 461. The summed E-state index contributed by atoms with van der Waals surface area (Å²) in [5.74, 6) is 0. The van der Waals surface area contributed by atoms with Gasteiger partial charge >= 0.3 is 0 Å². The van der Waals surface area contributed by atoms with E-state index in [-0.39, 0.29) is 6.04 Å². The molecule has 0 unspecified atom stereocenters. The largest absolute Gasteiger partial charge is 0.361 e. The van der Waals surface area contributed by atoms with Crippen molar-refractivity contribution in [1.29, 1.82) is 0 Å². The Morgan fingerprint density at radius 1 is 1.35 bits per heavy atom. The maximum absolute atomic E-state index is 6.12. The van der Waals surface area contributed by atoms with Gasteiger partial charge < -0.3 is 16.0 Å². The van der Waals surface area contributed by atoms with Crippen LogP contribution in [0.2, 0.25) is 0 Å². The minimum atomic E-state index is 0.181. The molecule has 92 valence electrons. The number of aromatic nitrogens is 1. The molecule has 1 aromatic heterocycles. The summed E-state index contributed by atoms with van der Waals surface area (Å²) >= 11 is 0. The number of aromatic amines is 1. The van der Waals surface area contributed by atoms with Gasteiger partial charge in [0.1, 0.15) is 0 Å². The third kappa shape index (κ3) is 3.08. The van der Waals surface area contributed by atoms with Crippen LogP contribution < -0.4 is 11.1 Å². The average Bonchev–Trinajstić information content (AvgIpc) is 2.73. The molecule has 0 spiro atoms. The highest BCUT2D eigenvalue weighted by Crippen LogP contribution is 2.18. The molecule has 2 rings (SSSR count). The van der Waals surface area contributed by atoms with Crippen molar-refractivity contribution in [3.05, 3.63) is 36.0 Å². The van der Waals surface area contributed by atoms with Crippen LogP contribution in [-0.2, 0) is 6.42 Å². The molecular weight excluding hydrogens is 210 g/mol. The highest BCUT2D eigenvalue weighted by molar-refractivity contribution is 5.83. The van der Waals surface area contributed by atoms with Gasteiger partial charge in [-0.15, -0.1) is 0 Å². The van der Waals surface area contributed by atoms with E-state index in [4.69, 9.17) is 5.73 Å². The van der Waals surface area contributed by atoms with E-state index < -0.39 is 0 Å². The quantitative estimate of drug-likeness (QED) is 0.666. The van der Waals surface area contributed by atoms with E-state index in [0.29, 0.717) is 0 Å². The number of fused-ring (bicyclic) bond motifs is 1. The number of para-hydroxylation sites is 1. The Balaban J connectivity index is 1.98. The molecule has 1 aromatic carbocycles. The maximum Gasteiger partial charge on any atom is 0.0456 e. The Morgan fingerprint density at radius 3 is 3.00 bits per heavy atom. The zero-order chi connectivity index (χ0) is 12.1. The van der Waals surface area contributed by atoms with Gasteiger partial charge in [-0.2, -0.15) is 0 Å². The predicted octanol–water partition coefficient (Wildman–Crippen LogP) is 2.04. The Hall–Kier alpha value is -1.32. The van der Waals surface area contributed by atoms with Crippen molar-refractivity contribution in [2.45, 2.75) is 25.8 Å². The highest BCUT2D eigenvalue weighted by atomic mass is 14.9. The van der Waals surface area contributed by atoms with Crippen LogP contribution in [0.15, 0.2) is 30.5 Å². The molecule has 17 heavy (non-hydrogen) atoms. The molecule has 0 aliphatic rings. The van der Waals surface area contributed by atoms with E-state index in [1.807, 2.05) is 6.07 Å². The van der Waals surface area contributed by atoms with Crippen molar-refractivity contribution < 1.29 is 0 Å². The smallest absolute Gasteiger partial charge is 0.0456 e. The lowest BCUT2D eigenvalue weighted by Gasteiger charge is -2.11. The van der Waals surface area contributed by atoms with Gasteiger partial charge in [0, 0.05) is 29.7 Å². The van der Waals surface area contributed by atoms with Crippen LogP contribution in [0.3, 0.4) is 0 Å². The number of H-pyrrole nitrogens is 1. The van der Waals surface area contributed by atoms with Crippen LogP contribution in [0, 0.1) is 0 Å². The zero-order valence-electron chi connectivity index (χ0n) is 10.4. The Labute approximate surface area is 102 Å². The highest BCUT2D eigenvalue weighted by Gasteiger charge is 2.07. The van der Waals surface area contributed by atoms with Gasteiger partial charge in [0.25, 0.3) is 0 Å². The van der Waals surface area contributed by atoms with Gasteiger partial charge in [-0.25, -0.2) is 0 Å². The summed E-state index contributed by atoms with van der Waals surface area (Å²) in [5, 5.41) is 4.65. The van der Waals surface area contributed by atoms with Crippen molar-refractivity contribution in [3.8, 4) is 0 Å². The lowest BCUT2D eigenvalue weighted by molar-refractivity contribution is 0.572. The second kappa shape index (κ2) is 5.84. The fraction of sp³-hybridized carbons (Fsp3) is 0.429. The topological polar surface area (TPSA) is 53.8 Å². The molecule has 0 aliphatic carbocycles. The summed E-state index contributed by atoms with van der Waals surface area (Å²) in [6, 6.07) is 8.54. The molecule has 1 heterocycles. The van der Waals surface area contributed by atoms with Gasteiger partial charge in [-0.1, -0.05) is 25.1 Å². The van der Waals surface area contributed by atoms with E-state index >= 15 is 0 Å². The summed E-state index contributed by atoms with van der Waals surface area (Å²) in [4.78, 5) is 3.28. The third-order valence-electron chi connectivity index (χ3n) is 2.99. The van der Waals surface area contributed by atoms with E-state index in [0.717, 1.165) is 25.9 Å². The van der Waals surface area contributed by atoms with Crippen LogP contribution >= 0.6 is 0 Å². The lowest BCUT2D eigenvalue weighted by atomic mass is 10.1. The molecule has 0 bridgehead atoms.